The lowest BCUT2D eigenvalue weighted by Gasteiger charge is -2.48. The van der Waals surface area contributed by atoms with E-state index in [1.807, 2.05) is 6.92 Å². The summed E-state index contributed by atoms with van der Waals surface area (Å²) >= 11 is 0. The van der Waals surface area contributed by atoms with E-state index in [9.17, 15) is 13.2 Å². The number of hydrogen-bond donors (Lipinski definition) is 1. The van der Waals surface area contributed by atoms with Crippen LogP contribution in [0.1, 0.15) is 19.8 Å². The predicted octanol–water partition coefficient (Wildman–Crippen LogP) is -0.629. The molecule has 0 aromatic rings. The normalized spacial score (nSPS) is 31.1. The van der Waals surface area contributed by atoms with Crippen molar-refractivity contribution in [2.24, 2.45) is 11.7 Å². The molecule has 0 bridgehead atoms. The predicted molar refractivity (Wildman–Crippen MR) is 60.6 cm³/mol. The number of nitrogens with two attached hydrogens (primary N) is 1. The maximum Gasteiger partial charge on any atom is 0.226 e. The summed E-state index contributed by atoms with van der Waals surface area (Å²) in [6.45, 7) is 3.14. The van der Waals surface area contributed by atoms with Gasteiger partial charge in [0.2, 0.25) is 5.91 Å². The fourth-order valence-corrected chi connectivity index (χ4v) is 4.07. The highest BCUT2D eigenvalue weighted by Gasteiger charge is 2.44. The van der Waals surface area contributed by atoms with Crippen LogP contribution in [0.2, 0.25) is 0 Å². The quantitative estimate of drug-likeness (QED) is 0.703. The third-order valence-electron chi connectivity index (χ3n) is 3.61. The minimum atomic E-state index is -2.97. The van der Waals surface area contributed by atoms with Gasteiger partial charge in [-0.15, -0.1) is 0 Å². The highest BCUT2D eigenvalue weighted by molar-refractivity contribution is 7.91. The smallest absolute Gasteiger partial charge is 0.226 e. The minimum Gasteiger partial charge on any atom is -0.339 e. The zero-order valence-corrected chi connectivity index (χ0v) is 10.3. The first kappa shape index (κ1) is 11.9. The average molecular weight is 246 g/mol. The number of sulfone groups is 1. The average Bonchev–Trinajstić information content (AvgIpc) is 2.53. The zero-order chi connectivity index (χ0) is 12.0. The van der Waals surface area contributed by atoms with Crippen molar-refractivity contribution in [2.45, 2.75) is 25.3 Å². The third kappa shape index (κ3) is 2.08. The molecule has 0 radical (unpaired) electrons. The topological polar surface area (TPSA) is 80.5 Å². The Balaban J connectivity index is 1.92. The molecule has 0 aromatic carbocycles. The van der Waals surface area contributed by atoms with E-state index in [2.05, 4.69) is 0 Å². The summed E-state index contributed by atoms with van der Waals surface area (Å²) < 4.78 is 22.5. The van der Waals surface area contributed by atoms with Crippen molar-refractivity contribution < 1.29 is 13.2 Å². The van der Waals surface area contributed by atoms with Gasteiger partial charge < -0.3 is 10.6 Å². The van der Waals surface area contributed by atoms with Gasteiger partial charge in [-0.1, -0.05) is 6.92 Å². The molecular formula is C10H18N2O3S. The molecule has 2 heterocycles. The Labute approximate surface area is 95.9 Å². The lowest BCUT2D eigenvalue weighted by atomic mass is 9.87. The molecule has 92 valence electrons. The molecule has 2 rings (SSSR count). The van der Waals surface area contributed by atoms with Crippen LogP contribution in [0, 0.1) is 5.92 Å². The van der Waals surface area contributed by atoms with Crippen LogP contribution in [0.4, 0.5) is 0 Å². The van der Waals surface area contributed by atoms with Crippen LogP contribution in [0.25, 0.3) is 0 Å². The first-order valence-corrected chi connectivity index (χ1v) is 7.45. The van der Waals surface area contributed by atoms with Crippen LogP contribution in [0.5, 0.6) is 0 Å². The Hall–Kier alpha value is -0.620. The number of nitrogens with zero attached hydrogens (tertiary/aromatic N) is 1. The zero-order valence-electron chi connectivity index (χ0n) is 9.48. The molecule has 0 saturated carbocycles. The maximum absolute atomic E-state index is 11.9. The van der Waals surface area contributed by atoms with Gasteiger partial charge in [-0.25, -0.2) is 8.42 Å². The SMILES string of the molecule is CCC1(N)CN(C(=O)C2CCS(=O)(=O)C2)C1. The minimum absolute atomic E-state index is 0.0199. The molecule has 2 fully saturated rings. The number of amides is 1. The van der Waals surface area contributed by atoms with Gasteiger partial charge in [0, 0.05) is 13.1 Å². The Morgan fingerprint density at radius 1 is 1.50 bits per heavy atom. The van der Waals surface area contributed by atoms with Crippen molar-refractivity contribution in [2.75, 3.05) is 24.6 Å². The maximum atomic E-state index is 11.9. The Kier molecular flexibility index (Phi) is 2.74. The molecule has 1 atom stereocenters. The van der Waals surface area contributed by atoms with Gasteiger partial charge in [-0.3, -0.25) is 4.79 Å². The van der Waals surface area contributed by atoms with Crippen LogP contribution >= 0.6 is 0 Å². The fraction of sp³-hybridized carbons (Fsp3) is 0.900. The van der Waals surface area contributed by atoms with E-state index in [4.69, 9.17) is 5.73 Å². The molecule has 5 nitrogen and oxygen atoms in total. The van der Waals surface area contributed by atoms with Gasteiger partial charge in [0.05, 0.1) is 23.0 Å². The molecular weight excluding hydrogens is 228 g/mol. The van der Waals surface area contributed by atoms with E-state index in [1.54, 1.807) is 4.90 Å². The van der Waals surface area contributed by atoms with Crippen molar-refractivity contribution >= 4 is 15.7 Å². The van der Waals surface area contributed by atoms with E-state index in [1.165, 1.54) is 0 Å². The summed E-state index contributed by atoms with van der Waals surface area (Å²) in [5, 5.41) is 0. The van der Waals surface area contributed by atoms with E-state index in [-0.39, 0.29) is 28.9 Å². The standard InChI is InChI=1S/C10H18N2O3S/c1-2-10(11)6-12(7-10)9(13)8-3-4-16(14,15)5-8/h8H,2-7,11H2,1H3. The molecule has 2 aliphatic rings. The Bertz CT molecular complexity index is 398. The van der Waals surface area contributed by atoms with Gasteiger partial charge in [0.25, 0.3) is 0 Å². The summed E-state index contributed by atoms with van der Waals surface area (Å²) in [4.78, 5) is 13.6. The highest BCUT2D eigenvalue weighted by Crippen LogP contribution is 2.27. The monoisotopic (exact) mass is 246 g/mol. The number of carbonyl (C=O) groups is 1. The summed E-state index contributed by atoms with van der Waals surface area (Å²) in [5.41, 5.74) is 5.73. The number of rotatable bonds is 2. The number of carbonyl (C=O) groups excluding carboxylic acids is 1. The molecule has 0 spiro atoms. The molecule has 1 amide bonds. The van der Waals surface area contributed by atoms with Crippen molar-refractivity contribution in [1.82, 2.24) is 4.90 Å². The second-order valence-electron chi connectivity index (χ2n) is 5.01. The van der Waals surface area contributed by atoms with Crippen LogP contribution in [0.15, 0.2) is 0 Å². The largest absolute Gasteiger partial charge is 0.339 e. The van der Waals surface area contributed by atoms with Gasteiger partial charge in [0.15, 0.2) is 9.84 Å². The van der Waals surface area contributed by atoms with Gasteiger partial charge in [-0.05, 0) is 12.8 Å². The van der Waals surface area contributed by atoms with Crippen molar-refractivity contribution in [1.29, 1.82) is 0 Å². The van der Waals surface area contributed by atoms with Crippen LogP contribution in [-0.2, 0) is 14.6 Å². The lowest BCUT2D eigenvalue weighted by molar-refractivity contribution is -0.142. The summed E-state index contributed by atoms with van der Waals surface area (Å²) in [7, 11) is -2.97. The first-order valence-electron chi connectivity index (χ1n) is 5.63. The molecule has 0 aromatic heterocycles. The van der Waals surface area contributed by atoms with Crippen molar-refractivity contribution in [3.8, 4) is 0 Å². The highest BCUT2D eigenvalue weighted by atomic mass is 32.2. The fourth-order valence-electron chi connectivity index (χ4n) is 2.34. The number of likely N-dealkylation sites (tertiary alicyclic amines) is 1. The van der Waals surface area contributed by atoms with E-state index in [0.29, 0.717) is 19.5 Å². The van der Waals surface area contributed by atoms with Crippen LogP contribution in [0.3, 0.4) is 0 Å². The molecule has 16 heavy (non-hydrogen) atoms. The van der Waals surface area contributed by atoms with Gasteiger partial charge in [0.1, 0.15) is 0 Å². The first-order chi connectivity index (χ1) is 7.35. The molecule has 2 aliphatic heterocycles. The Morgan fingerprint density at radius 2 is 2.12 bits per heavy atom. The van der Waals surface area contributed by atoms with E-state index >= 15 is 0 Å². The lowest BCUT2D eigenvalue weighted by Crippen LogP contribution is -2.69. The van der Waals surface area contributed by atoms with Crippen molar-refractivity contribution in [3.05, 3.63) is 0 Å². The van der Waals surface area contributed by atoms with Gasteiger partial charge >= 0.3 is 0 Å². The second-order valence-corrected chi connectivity index (χ2v) is 7.24. The molecule has 1 unspecified atom stereocenters. The van der Waals surface area contributed by atoms with E-state index < -0.39 is 9.84 Å². The van der Waals surface area contributed by atoms with Gasteiger partial charge in [-0.2, -0.15) is 0 Å². The second kappa shape index (κ2) is 3.70. The molecule has 6 heteroatoms. The molecule has 2 saturated heterocycles. The number of hydrogen-bond acceptors (Lipinski definition) is 4. The Morgan fingerprint density at radius 3 is 2.56 bits per heavy atom. The third-order valence-corrected chi connectivity index (χ3v) is 5.38. The summed E-state index contributed by atoms with van der Waals surface area (Å²) in [5.74, 6) is -0.188. The molecule has 0 aliphatic carbocycles. The molecule has 2 N–H and O–H groups in total. The summed E-state index contributed by atoms with van der Waals surface area (Å²) in [6.07, 6.45) is 1.32. The van der Waals surface area contributed by atoms with Crippen molar-refractivity contribution in [3.63, 3.8) is 0 Å². The summed E-state index contributed by atoms with van der Waals surface area (Å²) in [6, 6.07) is 0. The van der Waals surface area contributed by atoms with Crippen LogP contribution in [-0.4, -0.2) is 49.4 Å². The van der Waals surface area contributed by atoms with Crippen LogP contribution < -0.4 is 5.73 Å². The van der Waals surface area contributed by atoms with E-state index in [0.717, 1.165) is 6.42 Å².